The minimum absolute atomic E-state index is 0.0800. The molecule has 0 bridgehead atoms. The van der Waals surface area contributed by atoms with Crippen molar-refractivity contribution in [2.45, 2.75) is 17.4 Å². The van der Waals surface area contributed by atoms with Crippen molar-refractivity contribution >= 4 is 10.0 Å². The molecule has 0 saturated carbocycles. The summed E-state index contributed by atoms with van der Waals surface area (Å²) in [5, 5.41) is 10.8. The van der Waals surface area contributed by atoms with Gasteiger partial charge in [-0.1, -0.05) is 48.5 Å². The van der Waals surface area contributed by atoms with Gasteiger partial charge < -0.3 is 5.11 Å². The molecule has 2 N–H and O–H groups in total. The molecular weight excluding hydrogens is 274 g/mol. The van der Waals surface area contributed by atoms with Crippen LogP contribution in [0.2, 0.25) is 0 Å². The largest absolute Gasteiger partial charge is 0.381 e. The Morgan fingerprint density at radius 3 is 2.15 bits per heavy atom. The van der Waals surface area contributed by atoms with Crippen molar-refractivity contribution in [3.63, 3.8) is 0 Å². The number of aliphatic hydroxyl groups is 1. The molecule has 0 saturated heterocycles. The van der Waals surface area contributed by atoms with Gasteiger partial charge in [0.15, 0.2) is 0 Å². The van der Waals surface area contributed by atoms with Gasteiger partial charge in [0.05, 0.1) is 4.90 Å². The minimum atomic E-state index is -3.63. The molecule has 5 heteroatoms. The first-order valence-electron chi connectivity index (χ1n) is 6.20. The zero-order valence-electron chi connectivity index (χ0n) is 11.4. The highest BCUT2D eigenvalue weighted by atomic mass is 32.2. The Bertz CT molecular complexity index is 694. The normalized spacial score (nSPS) is 14.8. The molecule has 106 valence electrons. The van der Waals surface area contributed by atoms with Crippen LogP contribution in [0.25, 0.3) is 0 Å². The molecule has 0 aromatic heterocycles. The quantitative estimate of drug-likeness (QED) is 0.903. The van der Waals surface area contributed by atoms with Gasteiger partial charge >= 0.3 is 0 Å². The molecule has 0 unspecified atom stereocenters. The van der Waals surface area contributed by atoms with Crippen LogP contribution in [0.5, 0.6) is 0 Å². The van der Waals surface area contributed by atoms with Crippen LogP contribution in [0.15, 0.2) is 59.5 Å². The van der Waals surface area contributed by atoms with E-state index in [1.165, 1.54) is 13.1 Å². The van der Waals surface area contributed by atoms with Crippen LogP contribution in [0.1, 0.15) is 18.1 Å². The van der Waals surface area contributed by atoms with E-state index in [1.54, 1.807) is 49.4 Å². The zero-order valence-corrected chi connectivity index (χ0v) is 12.2. The first-order valence-corrected chi connectivity index (χ1v) is 7.69. The number of nitrogens with one attached hydrogen (secondary N) is 1. The number of hydrogen-bond acceptors (Lipinski definition) is 3. The van der Waals surface area contributed by atoms with Gasteiger partial charge in [-0.3, -0.25) is 0 Å². The molecule has 2 aromatic carbocycles. The fourth-order valence-corrected chi connectivity index (χ4v) is 3.17. The van der Waals surface area contributed by atoms with E-state index < -0.39 is 15.6 Å². The third-order valence-corrected chi connectivity index (χ3v) is 4.78. The maximum atomic E-state index is 12.1. The maximum absolute atomic E-state index is 12.1. The molecule has 1 atom stereocenters. The summed E-state index contributed by atoms with van der Waals surface area (Å²) >= 11 is 0. The molecule has 0 aliphatic rings. The lowest BCUT2D eigenvalue weighted by atomic mass is 9.88. The third-order valence-electron chi connectivity index (χ3n) is 3.31. The minimum Gasteiger partial charge on any atom is -0.381 e. The van der Waals surface area contributed by atoms with Crippen LogP contribution in [0, 0.1) is 0 Å². The van der Waals surface area contributed by atoms with Gasteiger partial charge in [-0.2, -0.15) is 0 Å². The summed E-state index contributed by atoms with van der Waals surface area (Å²) in [7, 11) is -2.28. The van der Waals surface area contributed by atoms with Crippen molar-refractivity contribution in [2.75, 3.05) is 7.05 Å². The third kappa shape index (κ3) is 2.60. The van der Waals surface area contributed by atoms with E-state index in [1.807, 2.05) is 6.07 Å². The summed E-state index contributed by atoms with van der Waals surface area (Å²) in [6.45, 7) is 1.59. The second-order valence-electron chi connectivity index (χ2n) is 4.64. The van der Waals surface area contributed by atoms with Gasteiger partial charge in [0.25, 0.3) is 0 Å². The molecule has 0 heterocycles. The average Bonchev–Trinajstić information content (AvgIpc) is 2.48. The lowest BCUT2D eigenvalue weighted by Gasteiger charge is -2.26. The van der Waals surface area contributed by atoms with E-state index in [0.717, 1.165) is 0 Å². The average molecular weight is 291 g/mol. The van der Waals surface area contributed by atoms with Crippen molar-refractivity contribution in [3.8, 4) is 0 Å². The summed E-state index contributed by atoms with van der Waals surface area (Å²) in [6, 6.07) is 15.4. The SMILES string of the molecule is CNS(=O)(=O)c1ccccc1[C@](C)(O)c1ccccc1. The molecule has 2 rings (SSSR count). The summed E-state index contributed by atoms with van der Waals surface area (Å²) in [5.41, 5.74) is -0.402. The first-order chi connectivity index (χ1) is 9.39. The molecule has 0 radical (unpaired) electrons. The van der Waals surface area contributed by atoms with E-state index in [9.17, 15) is 13.5 Å². The van der Waals surface area contributed by atoms with Crippen LogP contribution in [-0.4, -0.2) is 20.6 Å². The number of benzene rings is 2. The standard InChI is InChI=1S/C15H17NO3S/c1-15(17,12-8-4-3-5-9-12)13-10-6-7-11-14(13)20(18,19)16-2/h3-11,16-17H,1-2H3/t15-/m1/s1. The Hall–Kier alpha value is -1.69. The predicted molar refractivity (Wildman–Crippen MR) is 77.8 cm³/mol. The van der Waals surface area contributed by atoms with Crippen molar-refractivity contribution in [1.82, 2.24) is 4.72 Å². The number of rotatable bonds is 4. The van der Waals surface area contributed by atoms with E-state index in [2.05, 4.69) is 4.72 Å². The second-order valence-corrected chi connectivity index (χ2v) is 6.50. The van der Waals surface area contributed by atoms with Crippen molar-refractivity contribution in [2.24, 2.45) is 0 Å². The molecule has 0 spiro atoms. The fraction of sp³-hybridized carbons (Fsp3) is 0.200. The zero-order chi connectivity index (χ0) is 14.8. The molecule has 0 aliphatic heterocycles. The van der Waals surface area contributed by atoms with Gasteiger partial charge in [0.1, 0.15) is 5.60 Å². The van der Waals surface area contributed by atoms with Crippen molar-refractivity contribution in [1.29, 1.82) is 0 Å². The topological polar surface area (TPSA) is 66.4 Å². The monoisotopic (exact) mass is 291 g/mol. The molecule has 20 heavy (non-hydrogen) atoms. The van der Waals surface area contributed by atoms with Gasteiger partial charge in [-0.25, -0.2) is 13.1 Å². The van der Waals surface area contributed by atoms with E-state index >= 15 is 0 Å². The smallest absolute Gasteiger partial charge is 0.240 e. The van der Waals surface area contributed by atoms with Gasteiger partial charge in [0, 0.05) is 5.56 Å². The molecular formula is C15H17NO3S. The number of hydrogen-bond donors (Lipinski definition) is 2. The second kappa shape index (κ2) is 5.36. The summed E-state index contributed by atoms with van der Waals surface area (Å²) < 4.78 is 26.4. The van der Waals surface area contributed by atoms with Crippen LogP contribution in [0.4, 0.5) is 0 Å². The molecule has 2 aromatic rings. The van der Waals surface area contributed by atoms with Crippen LogP contribution < -0.4 is 4.72 Å². The van der Waals surface area contributed by atoms with Crippen LogP contribution in [-0.2, 0) is 15.6 Å². The van der Waals surface area contributed by atoms with Crippen molar-refractivity contribution in [3.05, 3.63) is 65.7 Å². The summed E-state index contributed by atoms with van der Waals surface area (Å²) in [6.07, 6.45) is 0. The molecule has 0 amide bonds. The van der Waals surface area contributed by atoms with E-state index in [0.29, 0.717) is 11.1 Å². The Morgan fingerprint density at radius 2 is 1.55 bits per heavy atom. The number of sulfonamides is 1. The van der Waals surface area contributed by atoms with Gasteiger partial charge in [-0.05, 0) is 25.6 Å². The van der Waals surface area contributed by atoms with Crippen molar-refractivity contribution < 1.29 is 13.5 Å². The highest BCUT2D eigenvalue weighted by molar-refractivity contribution is 7.89. The Labute approximate surface area is 119 Å². The summed E-state index contributed by atoms with van der Waals surface area (Å²) in [4.78, 5) is 0.0800. The Kier molecular flexibility index (Phi) is 3.94. The van der Waals surface area contributed by atoms with E-state index in [-0.39, 0.29) is 4.90 Å². The Morgan fingerprint density at radius 1 is 1.00 bits per heavy atom. The Balaban J connectivity index is 2.65. The van der Waals surface area contributed by atoms with Crippen LogP contribution >= 0.6 is 0 Å². The molecule has 0 aliphatic carbocycles. The summed E-state index contributed by atoms with van der Waals surface area (Å²) in [5.74, 6) is 0. The van der Waals surface area contributed by atoms with E-state index in [4.69, 9.17) is 0 Å². The lowest BCUT2D eigenvalue weighted by Crippen LogP contribution is -2.28. The predicted octanol–water partition coefficient (Wildman–Crippen LogP) is 1.85. The maximum Gasteiger partial charge on any atom is 0.240 e. The van der Waals surface area contributed by atoms with Crippen LogP contribution in [0.3, 0.4) is 0 Å². The molecule has 0 fully saturated rings. The van der Waals surface area contributed by atoms with Gasteiger partial charge in [0.2, 0.25) is 10.0 Å². The lowest BCUT2D eigenvalue weighted by molar-refractivity contribution is 0.0991. The first kappa shape index (κ1) is 14.7. The highest BCUT2D eigenvalue weighted by Gasteiger charge is 2.31. The highest BCUT2D eigenvalue weighted by Crippen LogP contribution is 2.33. The fourth-order valence-electron chi connectivity index (χ4n) is 2.13. The van der Waals surface area contributed by atoms with Gasteiger partial charge in [-0.15, -0.1) is 0 Å². The molecule has 4 nitrogen and oxygen atoms in total.